The molecule has 2 aromatic rings. The quantitative estimate of drug-likeness (QED) is 0.926. The Morgan fingerprint density at radius 2 is 2.00 bits per heavy atom. The van der Waals surface area contributed by atoms with E-state index < -0.39 is 5.97 Å². The summed E-state index contributed by atoms with van der Waals surface area (Å²) >= 11 is 1.42. The first-order valence-corrected chi connectivity index (χ1v) is 7.58. The van der Waals surface area contributed by atoms with Crippen molar-refractivity contribution in [1.82, 2.24) is 14.8 Å². The number of carbonyl (C=O) groups is 1. The van der Waals surface area contributed by atoms with Crippen molar-refractivity contribution in [1.29, 1.82) is 0 Å². The summed E-state index contributed by atoms with van der Waals surface area (Å²) in [6.45, 7) is -0.384. The smallest absolute Gasteiger partial charge is 0.325 e. The van der Waals surface area contributed by atoms with Crippen LogP contribution in [0.3, 0.4) is 0 Å². The Labute approximate surface area is 118 Å². The molecule has 2 saturated carbocycles. The average Bonchev–Trinajstić information content (AvgIpc) is 3.29. The fourth-order valence-electron chi connectivity index (χ4n) is 2.37. The van der Waals surface area contributed by atoms with Gasteiger partial charge in [0.05, 0.1) is 10.7 Å². The molecule has 2 aromatic heterocycles. The van der Waals surface area contributed by atoms with E-state index >= 15 is 0 Å². The molecule has 0 radical (unpaired) electrons. The molecule has 20 heavy (non-hydrogen) atoms. The van der Waals surface area contributed by atoms with Crippen LogP contribution in [0.15, 0.2) is 4.79 Å². The number of hydrogen-bond acceptors (Lipinski definition) is 5. The van der Waals surface area contributed by atoms with Gasteiger partial charge in [-0.1, -0.05) is 0 Å². The maximum absolute atomic E-state index is 12.3. The number of hydrogen-bond donors (Lipinski definition) is 1. The Hall–Kier alpha value is -1.76. The summed E-state index contributed by atoms with van der Waals surface area (Å²) in [5, 5.41) is 14.2. The molecule has 2 aliphatic carbocycles. The topological polar surface area (TPSA) is 85.1 Å². The summed E-state index contributed by atoms with van der Waals surface area (Å²) in [7, 11) is 0. The van der Waals surface area contributed by atoms with Crippen molar-refractivity contribution in [3.8, 4) is 0 Å². The summed E-state index contributed by atoms with van der Waals surface area (Å²) in [6.07, 6.45) is 4.36. The largest absolute Gasteiger partial charge is 0.480 e. The molecule has 104 valence electrons. The number of aromatic nitrogens is 3. The first-order chi connectivity index (χ1) is 9.63. The number of nitrogens with zero attached hydrogens (tertiary/aromatic N) is 3. The lowest BCUT2D eigenvalue weighted by molar-refractivity contribution is -0.138. The van der Waals surface area contributed by atoms with E-state index in [2.05, 4.69) is 10.1 Å². The van der Waals surface area contributed by atoms with Crippen LogP contribution in [-0.4, -0.2) is 25.8 Å². The molecular formula is C13H13N3O3S. The van der Waals surface area contributed by atoms with Crippen molar-refractivity contribution in [2.75, 3.05) is 0 Å². The number of thiazole rings is 1. The van der Waals surface area contributed by atoms with E-state index in [0.717, 1.165) is 41.1 Å². The molecule has 0 spiro atoms. The molecular weight excluding hydrogens is 278 g/mol. The van der Waals surface area contributed by atoms with Crippen LogP contribution < -0.4 is 5.56 Å². The Morgan fingerprint density at radius 1 is 1.30 bits per heavy atom. The number of carboxylic acid groups (broad SMARTS) is 1. The minimum atomic E-state index is -1.05. The predicted octanol–water partition coefficient (Wildman–Crippen LogP) is 1.69. The molecule has 6 nitrogen and oxygen atoms in total. The number of carboxylic acids is 1. The third-order valence-corrected chi connectivity index (χ3v) is 4.92. The van der Waals surface area contributed by atoms with Crippen LogP contribution in [0.2, 0.25) is 0 Å². The minimum Gasteiger partial charge on any atom is -0.480 e. The summed E-state index contributed by atoms with van der Waals surface area (Å²) in [4.78, 5) is 27.8. The van der Waals surface area contributed by atoms with Gasteiger partial charge < -0.3 is 5.11 Å². The van der Waals surface area contributed by atoms with E-state index in [1.54, 1.807) is 0 Å². The zero-order chi connectivity index (χ0) is 13.9. The third kappa shape index (κ3) is 1.93. The second kappa shape index (κ2) is 4.12. The number of fused-ring (bicyclic) bond motifs is 1. The van der Waals surface area contributed by atoms with Crippen molar-refractivity contribution < 1.29 is 9.90 Å². The van der Waals surface area contributed by atoms with Crippen molar-refractivity contribution in [2.45, 2.75) is 44.1 Å². The van der Waals surface area contributed by atoms with Crippen LogP contribution in [0.4, 0.5) is 0 Å². The van der Waals surface area contributed by atoms with Gasteiger partial charge in [-0.25, -0.2) is 9.67 Å². The highest BCUT2D eigenvalue weighted by Crippen LogP contribution is 2.45. The fraction of sp³-hybridized carbons (Fsp3) is 0.538. The molecule has 0 unspecified atom stereocenters. The fourth-order valence-corrected chi connectivity index (χ4v) is 3.56. The maximum atomic E-state index is 12.3. The van der Waals surface area contributed by atoms with Crippen molar-refractivity contribution in [3.63, 3.8) is 0 Å². The lowest BCUT2D eigenvalue weighted by atomic mass is 10.2. The van der Waals surface area contributed by atoms with Crippen molar-refractivity contribution in [3.05, 3.63) is 21.1 Å². The van der Waals surface area contributed by atoms with Crippen LogP contribution in [0, 0.1) is 0 Å². The van der Waals surface area contributed by atoms with Gasteiger partial charge in [0.25, 0.3) is 5.56 Å². The van der Waals surface area contributed by atoms with Crippen LogP contribution >= 0.6 is 11.3 Å². The second-order valence-corrected chi connectivity index (χ2v) is 6.55. The normalized spacial score (nSPS) is 18.6. The number of rotatable bonds is 4. The van der Waals surface area contributed by atoms with Gasteiger partial charge in [0.1, 0.15) is 16.8 Å². The van der Waals surface area contributed by atoms with Gasteiger partial charge in [-0.2, -0.15) is 5.10 Å². The highest BCUT2D eigenvalue weighted by atomic mass is 32.1. The van der Waals surface area contributed by atoms with Crippen molar-refractivity contribution >= 4 is 27.5 Å². The summed E-state index contributed by atoms with van der Waals surface area (Å²) in [5.74, 6) is -0.216. The first kappa shape index (κ1) is 12.0. The molecule has 0 bridgehead atoms. The molecule has 0 amide bonds. The van der Waals surface area contributed by atoms with E-state index in [4.69, 9.17) is 5.11 Å². The molecule has 0 aromatic carbocycles. The lowest BCUT2D eigenvalue weighted by Crippen LogP contribution is -2.27. The van der Waals surface area contributed by atoms with Crippen LogP contribution in [0.1, 0.15) is 48.2 Å². The maximum Gasteiger partial charge on any atom is 0.325 e. The van der Waals surface area contributed by atoms with Gasteiger partial charge >= 0.3 is 5.97 Å². The summed E-state index contributed by atoms with van der Waals surface area (Å²) in [6, 6.07) is 0. The molecule has 0 atom stereocenters. The van der Waals surface area contributed by atoms with Gasteiger partial charge in [0, 0.05) is 11.8 Å². The van der Waals surface area contributed by atoms with Gasteiger partial charge in [-0.15, -0.1) is 11.3 Å². The Balaban J connectivity index is 1.94. The minimum absolute atomic E-state index is 0.323. The summed E-state index contributed by atoms with van der Waals surface area (Å²) < 4.78 is 1.65. The predicted molar refractivity (Wildman–Crippen MR) is 73.3 cm³/mol. The van der Waals surface area contributed by atoms with E-state index in [1.807, 2.05) is 0 Å². The first-order valence-electron chi connectivity index (χ1n) is 6.76. The van der Waals surface area contributed by atoms with Gasteiger partial charge in [-0.3, -0.25) is 9.59 Å². The molecule has 0 aliphatic heterocycles. The number of aliphatic carboxylic acids is 1. The van der Waals surface area contributed by atoms with E-state index in [0.29, 0.717) is 22.1 Å². The highest BCUT2D eigenvalue weighted by molar-refractivity contribution is 7.18. The molecule has 4 rings (SSSR count). The SMILES string of the molecule is O=C(O)Cn1nc(C2CC2)c2nc(C3CC3)sc2c1=O. The van der Waals surface area contributed by atoms with Crippen LogP contribution in [0.5, 0.6) is 0 Å². The lowest BCUT2D eigenvalue weighted by Gasteiger charge is -2.04. The van der Waals surface area contributed by atoms with E-state index in [1.165, 1.54) is 11.3 Å². The third-order valence-electron chi connectivity index (χ3n) is 3.72. The molecule has 2 fully saturated rings. The zero-order valence-electron chi connectivity index (χ0n) is 10.7. The molecule has 7 heteroatoms. The zero-order valence-corrected chi connectivity index (χ0v) is 11.5. The van der Waals surface area contributed by atoms with Crippen LogP contribution in [-0.2, 0) is 11.3 Å². The second-order valence-electron chi connectivity index (χ2n) is 5.52. The standard InChI is InChI=1S/C13H13N3O3S/c17-8(18)5-16-13(19)11-10(9(15-16)6-1-2-6)14-12(20-11)7-3-4-7/h6-7H,1-5H2,(H,17,18). The van der Waals surface area contributed by atoms with Gasteiger partial charge in [0.15, 0.2) is 0 Å². The Kier molecular flexibility index (Phi) is 2.47. The van der Waals surface area contributed by atoms with Crippen molar-refractivity contribution in [2.24, 2.45) is 0 Å². The average molecular weight is 291 g/mol. The van der Waals surface area contributed by atoms with E-state index in [-0.39, 0.29) is 12.1 Å². The van der Waals surface area contributed by atoms with Gasteiger partial charge in [-0.05, 0) is 25.7 Å². The Bertz CT molecular complexity index is 771. The monoisotopic (exact) mass is 291 g/mol. The molecule has 0 saturated heterocycles. The molecule has 2 heterocycles. The summed E-state index contributed by atoms with van der Waals surface area (Å²) in [5.41, 5.74) is 1.20. The highest BCUT2D eigenvalue weighted by Gasteiger charge is 2.33. The molecule has 1 N–H and O–H groups in total. The van der Waals surface area contributed by atoms with Gasteiger partial charge in [0.2, 0.25) is 0 Å². The Morgan fingerprint density at radius 3 is 2.60 bits per heavy atom. The van der Waals surface area contributed by atoms with Crippen LogP contribution in [0.25, 0.3) is 10.2 Å². The van der Waals surface area contributed by atoms with E-state index in [9.17, 15) is 9.59 Å². The molecule has 2 aliphatic rings.